The highest BCUT2D eigenvalue weighted by Gasteiger charge is 2.00. The van der Waals surface area contributed by atoms with E-state index in [0.717, 1.165) is 32.1 Å². The van der Waals surface area contributed by atoms with E-state index in [-0.39, 0.29) is 5.97 Å². The van der Waals surface area contributed by atoms with Crippen molar-refractivity contribution in [3.05, 3.63) is 24.3 Å². The van der Waals surface area contributed by atoms with Crippen molar-refractivity contribution >= 4 is 5.97 Å². The molecule has 0 fully saturated rings. The molecule has 22 heavy (non-hydrogen) atoms. The van der Waals surface area contributed by atoms with Crippen LogP contribution in [0.25, 0.3) is 0 Å². The zero-order valence-corrected chi connectivity index (χ0v) is 14.3. The number of ether oxygens (including phenoxy) is 1. The summed E-state index contributed by atoms with van der Waals surface area (Å²) in [6.07, 6.45) is 22.4. The van der Waals surface area contributed by atoms with Gasteiger partial charge >= 0.3 is 5.97 Å². The lowest BCUT2D eigenvalue weighted by molar-refractivity contribution is -0.151. The number of rotatable bonds is 15. The molecule has 0 aromatic carbocycles. The van der Waals surface area contributed by atoms with Gasteiger partial charge in [-0.25, -0.2) is 0 Å². The maximum absolute atomic E-state index is 11.0. The van der Waals surface area contributed by atoms with E-state index in [9.17, 15) is 4.79 Å². The highest BCUT2D eigenvalue weighted by atomic mass is 16.6. The van der Waals surface area contributed by atoms with Crippen molar-refractivity contribution in [2.75, 3.05) is 6.79 Å². The molecule has 0 aliphatic carbocycles. The van der Waals surface area contributed by atoms with Crippen molar-refractivity contribution in [1.82, 2.24) is 0 Å². The number of carbonyl (C=O) groups is 1. The fourth-order valence-corrected chi connectivity index (χ4v) is 2.22. The number of hydrogen-bond acceptors (Lipinski definition) is 3. The lowest BCUT2D eigenvalue weighted by atomic mass is 10.1. The summed E-state index contributed by atoms with van der Waals surface area (Å²) in [6, 6.07) is 0. The Hall–Kier alpha value is -1.09. The molecule has 0 saturated heterocycles. The van der Waals surface area contributed by atoms with Gasteiger partial charge in [0.25, 0.3) is 0 Å². The molecule has 0 unspecified atom stereocenters. The van der Waals surface area contributed by atoms with E-state index in [1.54, 1.807) is 0 Å². The molecule has 0 radical (unpaired) electrons. The van der Waals surface area contributed by atoms with Crippen molar-refractivity contribution in [3.63, 3.8) is 0 Å². The summed E-state index contributed by atoms with van der Waals surface area (Å²) in [5.74, 6) is -0.298. The van der Waals surface area contributed by atoms with Gasteiger partial charge < -0.3 is 9.84 Å². The summed E-state index contributed by atoms with van der Waals surface area (Å²) >= 11 is 0. The van der Waals surface area contributed by atoms with E-state index in [1.807, 2.05) is 0 Å². The lowest BCUT2D eigenvalue weighted by Crippen LogP contribution is -2.04. The quantitative estimate of drug-likeness (QED) is 0.193. The minimum Gasteiger partial charge on any atom is -0.439 e. The topological polar surface area (TPSA) is 46.5 Å². The summed E-state index contributed by atoms with van der Waals surface area (Å²) in [5, 5.41) is 8.41. The summed E-state index contributed by atoms with van der Waals surface area (Å²) < 4.78 is 4.46. The molecule has 1 N–H and O–H groups in total. The number of esters is 1. The van der Waals surface area contributed by atoms with E-state index in [1.165, 1.54) is 38.5 Å². The van der Waals surface area contributed by atoms with Gasteiger partial charge in [0.05, 0.1) is 0 Å². The lowest BCUT2D eigenvalue weighted by Gasteiger charge is -2.01. The van der Waals surface area contributed by atoms with Crippen molar-refractivity contribution in [2.24, 2.45) is 0 Å². The molecule has 0 aromatic heterocycles. The number of unbranched alkanes of at least 4 members (excludes halogenated alkanes) is 8. The smallest absolute Gasteiger partial charge is 0.307 e. The van der Waals surface area contributed by atoms with Crippen LogP contribution in [0.4, 0.5) is 0 Å². The standard InChI is InChI=1S/C19H34O3/c1-2-3-4-5-6-7-8-9-10-11-12-13-14-15-16-17-19(21)22-18-20/h6-7,9-10,20H,2-5,8,11-18H2,1H3/b7-6-,10-9-. The summed E-state index contributed by atoms with van der Waals surface area (Å²) in [7, 11) is 0. The molecule has 0 aliphatic heterocycles. The number of allylic oxidation sites excluding steroid dienone is 4. The van der Waals surface area contributed by atoms with E-state index in [4.69, 9.17) is 5.11 Å². The third-order valence-corrected chi connectivity index (χ3v) is 3.56. The Morgan fingerprint density at radius 1 is 0.864 bits per heavy atom. The van der Waals surface area contributed by atoms with Crippen LogP contribution in [0.2, 0.25) is 0 Å². The summed E-state index contributed by atoms with van der Waals surface area (Å²) in [6.45, 7) is 1.73. The van der Waals surface area contributed by atoms with Crippen molar-refractivity contribution in [3.8, 4) is 0 Å². The van der Waals surface area contributed by atoms with E-state index in [0.29, 0.717) is 6.42 Å². The van der Waals surface area contributed by atoms with Crippen LogP contribution >= 0.6 is 0 Å². The number of aliphatic hydroxyl groups is 1. The first-order valence-corrected chi connectivity index (χ1v) is 8.87. The number of aliphatic hydroxyl groups excluding tert-OH is 1. The van der Waals surface area contributed by atoms with Crippen molar-refractivity contribution in [2.45, 2.75) is 84.0 Å². The highest BCUT2D eigenvalue weighted by molar-refractivity contribution is 5.69. The third-order valence-electron chi connectivity index (χ3n) is 3.56. The minimum absolute atomic E-state index is 0.298. The highest BCUT2D eigenvalue weighted by Crippen LogP contribution is 2.08. The molecular weight excluding hydrogens is 276 g/mol. The van der Waals surface area contributed by atoms with Gasteiger partial charge in [-0.3, -0.25) is 4.79 Å². The molecule has 3 nitrogen and oxygen atoms in total. The maximum Gasteiger partial charge on any atom is 0.307 e. The van der Waals surface area contributed by atoms with Crippen molar-refractivity contribution < 1.29 is 14.6 Å². The van der Waals surface area contributed by atoms with Crippen LogP contribution < -0.4 is 0 Å². The Balaban J connectivity index is 3.22. The van der Waals surface area contributed by atoms with Gasteiger partial charge in [-0.1, -0.05) is 63.3 Å². The van der Waals surface area contributed by atoms with Crippen LogP contribution in [0.3, 0.4) is 0 Å². The molecule has 0 aromatic rings. The van der Waals surface area contributed by atoms with Gasteiger partial charge in [0.1, 0.15) is 0 Å². The van der Waals surface area contributed by atoms with Gasteiger partial charge in [0.15, 0.2) is 6.79 Å². The van der Waals surface area contributed by atoms with Crippen LogP contribution in [0.1, 0.15) is 84.0 Å². The van der Waals surface area contributed by atoms with Crippen LogP contribution in [0.15, 0.2) is 24.3 Å². The zero-order chi connectivity index (χ0) is 16.3. The first kappa shape index (κ1) is 20.9. The molecule has 0 amide bonds. The Morgan fingerprint density at radius 2 is 1.45 bits per heavy atom. The second-order valence-corrected chi connectivity index (χ2v) is 5.63. The summed E-state index contributed by atoms with van der Waals surface area (Å²) in [5.41, 5.74) is 0. The second-order valence-electron chi connectivity index (χ2n) is 5.63. The van der Waals surface area contributed by atoms with Crippen LogP contribution in [0.5, 0.6) is 0 Å². The molecule has 0 heterocycles. The molecule has 128 valence electrons. The SMILES string of the molecule is CCCCC/C=C\C/C=C\CCCCCCCC(=O)OCO. The Kier molecular flexibility index (Phi) is 17.1. The fourth-order valence-electron chi connectivity index (χ4n) is 2.22. The van der Waals surface area contributed by atoms with Gasteiger partial charge in [0, 0.05) is 6.42 Å². The molecule has 0 saturated carbocycles. The van der Waals surface area contributed by atoms with E-state index < -0.39 is 6.79 Å². The average Bonchev–Trinajstić information content (AvgIpc) is 2.51. The molecule has 0 spiro atoms. The fraction of sp³-hybridized carbons (Fsp3) is 0.737. The predicted molar refractivity (Wildman–Crippen MR) is 92.5 cm³/mol. The maximum atomic E-state index is 11.0. The first-order valence-electron chi connectivity index (χ1n) is 8.87. The van der Waals surface area contributed by atoms with Crippen LogP contribution in [-0.2, 0) is 9.53 Å². The molecule has 3 heteroatoms. The van der Waals surface area contributed by atoms with Gasteiger partial charge in [-0.05, 0) is 38.5 Å². The molecule has 0 bridgehead atoms. The summed E-state index contributed by atoms with van der Waals surface area (Å²) in [4.78, 5) is 11.0. The van der Waals surface area contributed by atoms with Crippen molar-refractivity contribution in [1.29, 1.82) is 0 Å². The van der Waals surface area contributed by atoms with Gasteiger partial charge in [0.2, 0.25) is 0 Å². The van der Waals surface area contributed by atoms with Crippen LogP contribution in [-0.4, -0.2) is 17.9 Å². The Bertz CT molecular complexity index is 295. The number of hydrogen-bond donors (Lipinski definition) is 1. The monoisotopic (exact) mass is 310 g/mol. The van der Waals surface area contributed by atoms with Crippen LogP contribution in [0, 0.1) is 0 Å². The normalized spacial score (nSPS) is 11.5. The Labute approximate surface area is 136 Å². The zero-order valence-electron chi connectivity index (χ0n) is 14.3. The third kappa shape index (κ3) is 17.0. The van der Waals surface area contributed by atoms with E-state index in [2.05, 4.69) is 36.0 Å². The Morgan fingerprint density at radius 3 is 2.09 bits per heavy atom. The van der Waals surface area contributed by atoms with Gasteiger partial charge in [-0.15, -0.1) is 0 Å². The molecule has 0 aliphatic rings. The average molecular weight is 310 g/mol. The second kappa shape index (κ2) is 18.0. The predicted octanol–water partition coefficient (Wildman–Crippen LogP) is 5.29. The van der Waals surface area contributed by atoms with E-state index >= 15 is 0 Å². The first-order chi connectivity index (χ1) is 10.8. The molecule has 0 atom stereocenters. The largest absolute Gasteiger partial charge is 0.439 e. The number of carbonyl (C=O) groups excluding carboxylic acids is 1. The molecular formula is C19H34O3. The minimum atomic E-state index is -0.501. The molecule has 0 rings (SSSR count). The van der Waals surface area contributed by atoms with Gasteiger partial charge in [-0.2, -0.15) is 0 Å².